The molecule has 1 aromatic rings. The Kier molecular flexibility index (Phi) is 7.16. The number of hydrogen-bond acceptors (Lipinski definition) is 3. The molecule has 5 heteroatoms. The number of likely N-dealkylation sites (tertiary alicyclic amines) is 1. The van der Waals surface area contributed by atoms with Crippen LogP contribution in [0.15, 0.2) is 29.4 Å². The first-order valence-electron chi connectivity index (χ1n) is 8.42. The molecule has 0 aromatic carbocycles. The Bertz CT molecular complexity index is 438. The average molecular weight is 303 g/mol. The summed E-state index contributed by atoms with van der Waals surface area (Å²) >= 11 is 0. The minimum atomic E-state index is 0.609. The van der Waals surface area contributed by atoms with Gasteiger partial charge < -0.3 is 15.5 Å². The molecule has 2 heterocycles. The van der Waals surface area contributed by atoms with E-state index in [2.05, 4.69) is 39.4 Å². The second-order valence-electron chi connectivity index (χ2n) is 5.97. The first-order chi connectivity index (χ1) is 10.8. The normalized spacial score (nSPS) is 17.5. The zero-order valence-corrected chi connectivity index (χ0v) is 13.9. The Hall–Kier alpha value is -1.62. The summed E-state index contributed by atoms with van der Waals surface area (Å²) in [7, 11) is 0. The smallest absolute Gasteiger partial charge is 0.191 e. The van der Waals surface area contributed by atoms with Crippen molar-refractivity contribution in [2.75, 3.05) is 32.7 Å². The third kappa shape index (κ3) is 6.02. The molecule has 0 amide bonds. The molecule has 2 rings (SSSR count). The number of aromatic nitrogens is 1. The maximum absolute atomic E-state index is 4.59. The second kappa shape index (κ2) is 9.41. The van der Waals surface area contributed by atoms with Gasteiger partial charge in [-0.25, -0.2) is 4.99 Å². The van der Waals surface area contributed by atoms with E-state index in [0.717, 1.165) is 37.2 Å². The van der Waals surface area contributed by atoms with Crippen LogP contribution in [0, 0.1) is 5.92 Å². The van der Waals surface area contributed by atoms with Crippen LogP contribution in [0.2, 0.25) is 0 Å². The van der Waals surface area contributed by atoms with E-state index < -0.39 is 0 Å². The lowest BCUT2D eigenvalue weighted by Gasteiger charge is -2.30. The van der Waals surface area contributed by atoms with Gasteiger partial charge in [0.1, 0.15) is 0 Å². The van der Waals surface area contributed by atoms with Crippen molar-refractivity contribution in [1.29, 1.82) is 0 Å². The molecule has 0 aliphatic carbocycles. The van der Waals surface area contributed by atoms with Crippen LogP contribution in [0.3, 0.4) is 0 Å². The molecule has 22 heavy (non-hydrogen) atoms. The van der Waals surface area contributed by atoms with E-state index in [4.69, 9.17) is 0 Å². The van der Waals surface area contributed by atoms with Crippen LogP contribution in [0.25, 0.3) is 0 Å². The molecule has 1 fully saturated rings. The third-order valence-corrected chi connectivity index (χ3v) is 4.07. The number of hydrogen-bond donors (Lipinski definition) is 2. The van der Waals surface area contributed by atoms with Crippen molar-refractivity contribution in [2.45, 2.75) is 33.2 Å². The van der Waals surface area contributed by atoms with Crippen molar-refractivity contribution in [3.8, 4) is 0 Å². The molecule has 0 radical (unpaired) electrons. The summed E-state index contributed by atoms with van der Waals surface area (Å²) in [5, 5.41) is 6.71. The van der Waals surface area contributed by atoms with E-state index in [-0.39, 0.29) is 0 Å². The summed E-state index contributed by atoms with van der Waals surface area (Å²) in [6.45, 7) is 10.4. The molecule has 0 bridgehead atoms. The standard InChI is InChI=1S/C17H29N5/c1-3-18-17(21-14-16-6-4-5-9-19-16)20-10-13-22-11-7-15(2)8-12-22/h4-6,9,15H,3,7-8,10-14H2,1-2H3,(H2,18,20,21). The van der Waals surface area contributed by atoms with E-state index in [1.807, 2.05) is 24.4 Å². The van der Waals surface area contributed by atoms with E-state index in [1.165, 1.54) is 25.9 Å². The van der Waals surface area contributed by atoms with Crippen molar-refractivity contribution in [3.63, 3.8) is 0 Å². The van der Waals surface area contributed by atoms with Crippen molar-refractivity contribution in [3.05, 3.63) is 30.1 Å². The van der Waals surface area contributed by atoms with Gasteiger partial charge >= 0.3 is 0 Å². The van der Waals surface area contributed by atoms with E-state index in [0.29, 0.717) is 6.54 Å². The number of piperidine rings is 1. The molecule has 1 aliphatic heterocycles. The molecule has 0 atom stereocenters. The summed E-state index contributed by atoms with van der Waals surface area (Å²) in [6, 6.07) is 5.92. The van der Waals surface area contributed by atoms with E-state index in [9.17, 15) is 0 Å². The molecular weight excluding hydrogens is 274 g/mol. The van der Waals surface area contributed by atoms with Crippen LogP contribution in [-0.2, 0) is 6.54 Å². The van der Waals surface area contributed by atoms with Gasteiger partial charge in [-0.1, -0.05) is 13.0 Å². The van der Waals surface area contributed by atoms with Gasteiger partial charge in [-0.15, -0.1) is 0 Å². The number of aliphatic imine (C=N–C) groups is 1. The average Bonchev–Trinajstić information content (AvgIpc) is 2.55. The SMILES string of the molecule is CCNC(=NCc1ccccn1)NCCN1CCC(C)CC1. The Morgan fingerprint density at radius 2 is 2.14 bits per heavy atom. The maximum Gasteiger partial charge on any atom is 0.191 e. The van der Waals surface area contributed by atoms with Crippen molar-refractivity contribution >= 4 is 5.96 Å². The Labute approximate surface area is 134 Å². The Morgan fingerprint density at radius 3 is 2.82 bits per heavy atom. The van der Waals surface area contributed by atoms with Crippen LogP contribution in [-0.4, -0.2) is 48.6 Å². The third-order valence-electron chi connectivity index (χ3n) is 4.07. The van der Waals surface area contributed by atoms with Crippen LogP contribution in [0.1, 0.15) is 32.4 Å². The first-order valence-corrected chi connectivity index (χ1v) is 8.42. The van der Waals surface area contributed by atoms with Crippen molar-refractivity contribution < 1.29 is 0 Å². The Balaban J connectivity index is 1.74. The number of guanidine groups is 1. The predicted molar refractivity (Wildman–Crippen MR) is 91.9 cm³/mol. The number of nitrogens with zero attached hydrogens (tertiary/aromatic N) is 3. The maximum atomic E-state index is 4.59. The topological polar surface area (TPSA) is 52.6 Å². The monoisotopic (exact) mass is 303 g/mol. The molecule has 1 saturated heterocycles. The molecule has 0 saturated carbocycles. The van der Waals surface area contributed by atoms with Crippen molar-refractivity contribution in [1.82, 2.24) is 20.5 Å². The highest BCUT2D eigenvalue weighted by Crippen LogP contribution is 2.14. The summed E-state index contributed by atoms with van der Waals surface area (Å²) in [5.74, 6) is 1.76. The summed E-state index contributed by atoms with van der Waals surface area (Å²) in [5.41, 5.74) is 0.990. The summed E-state index contributed by atoms with van der Waals surface area (Å²) in [4.78, 5) is 11.4. The predicted octanol–water partition coefficient (Wildman–Crippen LogP) is 1.87. The molecule has 122 valence electrons. The highest BCUT2D eigenvalue weighted by Gasteiger charge is 2.14. The molecular formula is C17H29N5. The van der Waals surface area contributed by atoms with Gasteiger partial charge in [-0.2, -0.15) is 0 Å². The van der Waals surface area contributed by atoms with Crippen LogP contribution in [0.5, 0.6) is 0 Å². The van der Waals surface area contributed by atoms with Crippen LogP contribution < -0.4 is 10.6 Å². The van der Waals surface area contributed by atoms with E-state index in [1.54, 1.807) is 0 Å². The molecule has 1 aliphatic rings. The van der Waals surface area contributed by atoms with Gasteiger partial charge in [0.05, 0.1) is 12.2 Å². The van der Waals surface area contributed by atoms with Gasteiger partial charge in [0.25, 0.3) is 0 Å². The lowest BCUT2D eigenvalue weighted by molar-refractivity contribution is 0.195. The summed E-state index contributed by atoms with van der Waals surface area (Å²) in [6.07, 6.45) is 4.46. The fourth-order valence-corrected chi connectivity index (χ4v) is 2.61. The van der Waals surface area contributed by atoms with Crippen LogP contribution >= 0.6 is 0 Å². The van der Waals surface area contributed by atoms with E-state index >= 15 is 0 Å². The molecule has 1 aromatic heterocycles. The lowest BCUT2D eigenvalue weighted by atomic mass is 9.99. The van der Waals surface area contributed by atoms with Gasteiger partial charge in [-0.05, 0) is 50.9 Å². The van der Waals surface area contributed by atoms with Gasteiger partial charge in [-0.3, -0.25) is 4.98 Å². The van der Waals surface area contributed by atoms with Gasteiger partial charge in [0.2, 0.25) is 0 Å². The Morgan fingerprint density at radius 1 is 1.32 bits per heavy atom. The number of rotatable bonds is 6. The fourth-order valence-electron chi connectivity index (χ4n) is 2.61. The zero-order valence-electron chi connectivity index (χ0n) is 13.9. The van der Waals surface area contributed by atoms with Crippen LogP contribution in [0.4, 0.5) is 0 Å². The minimum absolute atomic E-state index is 0.609. The largest absolute Gasteiger partial charge is 0.357 e. The summed E-state index contributed by atoms with van der Waals surface area (Å²) < 4.78 is 0. The number of pyridine rings is 1. The first kappa shape index (κ1) is 16.7. The zero-order chi connectivity index (χ0) is 15.6. The van der Waals surface area contributed by atoms with Gasteiger partial charge in [0, 0.05) is 25.8 Å². The minimum Gasteiger partial charge on any atom is -0.357 e. The molecule has 0 spiro atoms. The van der Waals surface area contributed by atoms with Crippen molar-refractivity contribution in [2.24, 2.45) is 10.9 Å². The highest BCUT2D eigenvalue weighted by molar-refractivity contribution is 5.79. The fraction of sp³-hybridized carbons (Fsp3) is 0.647. The lowest BCUT2D eigenvalue weighted by Crippen LogP contribution is -2.43. The highest BCUT2D eigenvalue weighted by atomic mass is 15.2. The molecule has 0 unspecified atom stereocenters. The second-order valence-corrected chi connectivity index (χ2v) is 5.97. The van der Waals surface area contributed by atoms with Gasteiger partial charge in [0.15, 0.2) is 5.96 Å². The molecule has 2 N–H and O–H groups in total. The number of nitrogens with one attached hydrogen (secondary N) is 2. The quantitative estimate of drug-likeness (QED) is 0.622. The molecule has 5 nitrogen and oxygen atoms in total.